The van der Waals surface area contributed by atoms with Gasteiger partial charge >= 0.3 is 0 Å². The summed E-state index contributed by atoms with van der Waals surface area (Å²) in [4.78, 5) is 33.4. The monoisotopic (exact) mass is 463 g/mol. The Morgan fingerprint density at radius 2 is 2.03 bits per heavy atom. The molecular weight excluding hydrogens is 442 g/mol. The van der Waals surface area contributed by atoms with Gasteiger partial charge in [-0.05, 0) is 53.4 Å². The molecule has 0 unspecified atom stereocenters. The van der Waals surface area contributed by atoms with Crippen LogP contribution in [0.4, 0.5) is 5.82 Å². The number of pyridine rings is 1. The largest absolute Gasteiger partial charge is 0.497 e. The van der Waals surface area contributed by atoms with E-state index in [1.54, 1.807) is 24.3 Å². The number of methoxy groups -OCH3 is 1. The molecule has 7 nitrogen and oxygen atoms in total. The van der Waals surface area contributed by atoms with Gasteiger partial charge in [0.15, 0.2) is 18.2 Å². The van der Waals surface area contributed by atoms with Crippen molar-refractivity contribution in [1.29, 1.82) is 0 Å². The lowest BCUT2D eigenvalue weighted by Gasteiger charge is -2.33. The van der Waals surface area contributed by atoms with E-state index in [1.807, 2.05) is 42.5 Å². The summed E-state index contributed by atoms with van der Waals surface area (Å²) < 4.78 is 10.9. The molecule has 0 saturated heterocycles. The molecule has 1 aromatic heterocycles. The summed E-state index contributed by atoms with van der Waals surface area (Å²) in [6, 6.07) is 15.2. The maximum atomic E-state index is 13.1. The Balaban J connectivity index is 1.36. The van der Waals surface area contributed by atoms with Crippen LogP contribution in [0, 0.1) is 0 Å². The average molecular weight is 464 g/mol. The maximum absolute atomic E-state index is 13.1. The van der Waals surface area contributed by atoms with Crippen LogP contribution in [0.15, 0.2) is 54.7 Å². The van der Waals surface area contributed by atoms with Crippen LogP contribution in [0.1, 0.15) is 11.1 Å². The van der Waals surface area contributed by atoms with Gasteiger partial charge in [0.25, 0.3) is 5.91 Å². The molecule has 168 valence electrons. The number of ether oxygens (including phenoxy) is 2. The second-order valence-electron chi connectivity index (χ2n) is 8.02. The Labute approximate surface area is 196 Å². The highest BCUT2D eigenvalue weighted by molar-refractivity contribution is 6.30. The molecule has 0 bridgehead atoms. The van der Waals surface area contributed by atoms with Crippen molar-refractivity contribution < 1.29 is 19.1 Å². The summed E-state index contributed by atoms with van der Waals surface area (Å²) in [5.74, 6) is 1.15. The summed E-state index contributed by atoms with van der Waals surface area (Å²) in [5.41, 5.74) is 3.98. The number of fused-ring (bicyclic) bond motifs is 2. The number of nitrogens with zero attached hydrogens (tertiary/aromatic N) is 3. The van der Waals surface area contributed by atoms with E-state index in [1.165, 1.54) is 10.5 Å². The van der Waals surface area contributed by atoms with Crippen molar-refractivity contribution in [3.05, 3.63) is 70.9 Å². The minimum atomic E-state index is -0.294. The Bertz CT molecular complexity index is 1250. The first-order valence-electron chi connectivity index (χ1n) is 10.6. The smallest absolute Gasteiger partial charge is 0.266 e. The molecule has 0 fully saturated rings. The first kappa shape index (κ1) is 21.3. The molecule has 2 aromatic carbocycles. The van der Waals surface area contributed by atoms with E-state index in [0.29, 0.717) is 29.7 Å². The fraction of sp³-hybridized carbons (Fsp3) is 0.240. The molecule has 2 aliphatic rings. The van der Waals surface area contributed by atoms with E-state index < -0.39 is 0 Å². The summed E-state index contributed by atoms with van der Waals surface area (Å²) in [5, 5.41) is 0.620. The van der Waals surface area contributed by atoms with Crippen LogP contribution in [-0.4, -0.2) is 48.5 Å². The number of carbonyl (C=O) groups is 2. The third kappa shape index (κ3) is 4.24. The van der Waals surface area contributed by atoms with Gasteiger partial charge in [-0.15, -0.1) is 0 Å². The van der Waals surface area contributed by atoms with Crippen molar-refractivity contribution >= 4 is 29.2 Å². The third-order valence-corrected chi connectivity index (χ3v) is 6.21. The van der Waals surface area contributed by atoms with E-state index in [9.17, 15) is 9.59 Å². The lowest BCUT2D eigenvalue weighted by atomic mass is 9.99. The van der Waals surface area contributed by atoms with Gasteiger partial charge in [-0.2, -0.15) is 0 Å². The zero-order valence-corrected chi connectivity index (χ0v) is 18.8. The molecule has 0 saturated carbocycles. The van der Waals surface area contributed by atoms with Crippen molar-refractivity contribution in [2.75, 3.05) is 31.7 Å². The first-order chi connectivity index (χ1) is 16.0. The minimum Gasteiger partial charge on any atom is -0.497 e. The highest BCUT2D eigenvalue weighted by Crippen LogP contribution is 2.34. The van der Waals surface area contributed by atoms with Gasteiger partial charge in [0, 0.05) is 29.9 Å². The topological polar surface area (TPSA) is 72.0 Å². The summed E-state index contributed by atoms with van der Waals surface area (Å²) in [6.45, 7) is 0.863. The van der Waals surface area contributed by atoms with Crippen molar-refractivity contribution in [3.63, 3.8) is 0 Å². The molecule has 0 aliphatic carbocycles. The number of carbonyl (C=O) groups excluding carboxylic acids is 2. The molecule has 33 heavy (non-hydrogen) atoms. The van der Waals surface area contributed by atoms with Crippen LogP contribution < -0.4 is 14.4 Å². The van der Waals surface area contributed by atoms with Gasteiger partial charge in [0.1, 0.15) is 12.3 Å². The molecular formula is C25H22ClN3O4. The van der Waals surface area contributed by atoms with Crippen LogP contribution in [0.5, 0.6) is 11.5 Å². The Hall–Kier alpha value is -3.58. The molecule has 2 aliphatic heterocycles. The standard InChI is InChI=1S/C25H22ClN3O4/c1-32-21-6-5-16-7-8-28(13-19(16)10-21)23(30)14-29-24(31)15-33-22-11-18(12-27-25(22)29)17-3-2-4-20(26)9-17/h2-6,9-12H,7-8,13-15H2,1H3. The second-order valence-corrected chi connectivity index (χ2v) is 8.46. The molecule has 5 rings (SSSR count). The van der Waals surface area contributed by atoms with Gasteiger partial charge in [0.05, 0.1) is 7.11 Å². The van der Waals surface area contributed by atoms with Crippen molar-refractivity contribution in [2.24, 2.45) is 0 Å². The van der Waals surface area contributed by atoms with E-state index in [0.717, 1.165) is 28.9 Å². The second kappa shape index (κ2) is 8.75. The van der Waals surface area contributed by atoms with E-state index >= 15 is 0 Å². The van der Waals surface area contributed by atoms with Gasteiger partial charge in [-0.1, -0.05) is 29.8 Å². The number of hydrogen-bond donors (Lipinski definition) is 0. The normalized spacial score (nSPS) is 14.9. The number of amides is 2. The molecule has 0 N–H and O–H groups in total. The Kier molecular flexibility index (Phi) is 5.64. The number of aromatic nitrogens is 1. The highest BCUT2D eigenvalue weighted by atomic mass is 35.5. The van der Waals surface area contributed by atoms with E-state index in [-0.39, 0.29) is 25.0 Å². The quantitative estimate of drug-likeness (QED) is 0.589. The number of hydrogen-bond acceptors (Lipinski definition) is 5. The minimum absolute atomic E-state index is 0.0853. The Morgan fingerprint density at radius 1 is 1.15 bits per heavy atom. The van der Waals surface area contributed by atoms with Crippen LogP contribution in [0.3, 0.4) is 0 Å². The van der Waals surface area contributed by atoms with Crippen molar-refractivity contribution in [2.45, 2.75) is 13.0 Å². The summed E-state index contributed by atoms with van der Waals surface area (Å²) in [7, 11) is 1.62. The fourth-order valence-electron chi connectivity index (χ4n) is 4.18. The van der Waals surface area contributed by atoms with Gasteiger partial charge in [-0.25, -0.2) is 4.98 Å². The number of halogens is 1. The van der Waals surface area contributed by atoms with Crippen LogP contribution >= 0.6 is 11.6 Å². The molecule has 8 heteroatoms. The zero-order chi connectivity index (χ0) is 22.9. The predicted molar refractivity (Wildman–Crippen MR) is 125 cm³/mol. The lowest BCUT2D eigenvalue weighted by Crippen LogP contribution is -2.47. The van der Waals surface area contributed by atoms with Crippen LogP contribution in [0.25, 0.3) is 11.1 Å². The SMILES string of the molecule is COc1ccc2c(c1)CN(C(=O)CN1C(=O)COc3cc(-c4cccc(Cl)c4)cnc31)CC2. The predicted octanol–water partition coefficient (Wildman–Crippen LogP) is 3.72. The average Bonchev–Trinajstić information content (AvgIpc) is 2.84. The van der Waals surface area contributed by atoms with Gasteiger partial charge in [0.2, 0.25) is 5.91 Å². The van der Waals surface area contributed by atoms with Gasteiger partial charge in [-0.3, -0.25) is 14.5 Å². The number of benzene rings is 2. The first-order valence-corrected chi connectivity index (χ1v) is 11.0. The third-order valence-electron chi connectivity index (χ3n) is 5.97. The van der Waals surface area contributed by atoms with Crippen molar-refractivity contribution in [1.82, 2.24) is 9.88 Å². The van der Waals surface area contributed by atoms with Gasteiger partial charge < -0.3 is 14.4 Å². The lowest BCUT2D eigenvalue weighted by molar-refractivity contribution is -0.132. The number of rotatable bonds is 4. The molecule has 3 aromatic rings. The zero-order valence-electron chi connectivity index (χ0n) is 18.1. The summed E-state index contributed by atoms with van der Waals surface area (Å²) in [6.07, 6.45) is 2.42. The fourth-order valence-corrected chi connectivity index (χ4v) is 4.37. The molecule has 3 heterocycles. The number of anilines is 1. The molecule has 0 radical (unpaired) electrons. The highest BCUT2D eigenvalue weighted by Gasteiger charge is 2.31. The van der Waals surface area contributed by atoms with Crippen molar-refractivity contribution in [3.8, 4) is 22.6 Å². The molecule has 2 amide bonds. The van der Waals surface area contributed by atoms with E-state index in [2.05, 4.69) is 4.98 Å². The molecule has 0 spiro atoms. The van der Waals surface area contributed by atoms with E-state index in [4.69, 9.17) is 21.1 Å². The van der Waals surface area contributed by atoms with Crippen LogP contribution in [0.2, 0.25) is 5.02 Å². The molecule has 0 atom stereocenters. The van der Waals surface area contributed by atoms with Crippen LogP contribution in [-0.2, 0) is 22.6 Å². The summed E-state index contributed by atoms with van der Waals surface area (Å²) >= 11 is 6.11. The maximum Gasteiger partial charge on any atom is 0.266 e. The Morgan fingerprint density at radius 3 is 2.85 bits per heavy atom.